The van der Waals surface area contributed by atoms with E-state index in [-0.39, 0.29) is 0 Å². The molecular weight excluding hydrogens is 416 g/mol. The number of hydrazone groups is 1. The zero-order valence-corrected chi connectivity index (χ0v) is 19.5. The highest BCUT2D eigenvalue weighted by Crippen LogP contribution is 2.30. The standard InChI is InChI=1S/C25H32N6O2/c1-18-4-3-5-21(14-18)19(2)28-29-23-15-22(30-8-12-33-13-9-30)24-25(27-23)31(17-26-24)16-20-6-10-32-11-7-20/h3-5,14-15,17,20H,6-13,16H2,1-2H3,(H,27,29)/b28-19+. The molecule has 0 radical (unpaired) electrons. The van der Waals surface area contributed by atoms with Crippen molar-refractivity contribution in [2.75, 3.05) is 49.8 Å². The molecule has 0 aliphatic carbocycles. The minimum Gasteiger partial charge on any atom is -0.381 e. The molecule has 174 valence electrons. The van der Waals surface area contributed by atoms with Crippen molar-refractivity contribution in [2.24, 2.45) is 11.0 Å². The van der Waals surface area contributed by atoms with E-state index in [1.165, 1.54) is 5.56 Å². The van der Waals surface area contributed by atoms with E-state index in [2.05, 4.69) is 57.2 Å². The zero-order chi connectivity index (χ0) is 22.6. The normalized spacial score (nSPS) is 18.1. The summed E-state index contributed by atoms with van der Waals surface area (Å²) in [5.74, 6) is 1.31. The largest absolute Gasteiger partial charge is 0.381 e. The Morgan fingerprint density at radius 3 is 2.70 bits per heavy atom. The van der Waals surface area contributed by atoms with Crippen LogP contribution in [0.25, 0.3) is 11.2 Å². The second-order valence-electron chi connectivity index (χ2n) is 8.93. The van der Waals surface area contributed by atoms with Gasteiger partial charge in [-0.1, -0.05) is 29.8 Å². The van der Waals surface area contributed by atoms with Gasteiger partial charge in [-0.05, 0) is 38.2 Å². The minimum atomic E-state index is 0.586. The molecule has 2 saturated heterocycles. The van der Waals surface area contributed by atoms with Crippen LogP contribution in [0.1, 0.15) is 30.9 Å². The highest BCUT2D eigenvalue weighted by molar-refractivity contribution is 5.99. The summed E-state index contributed by atoms with van der Waals surface area (Å²) >= 11 is 0. The van der Waals surface area contributed by atoms with Crippen molar-refractivity contribution >= 4 is 28.4 Å². The average molecular weight is 449 g/mol. The predicted molar refractivity (Wildman–Crippen MR) is 131 cm³/mol. The smallest absolute Gasteiger partial charge is 0.164 e. The van der Waals surface area contributed by atoms with Crippen LogP contribution in [-0.2, 0) is 16.0 Å². The first-order chi connectivity index (χ1) is 16.2. The molecule has 8 heteroatoms. The third-order valence-electron chi connectivity index (χ3n) is 6.47. The first-order valence-electron chi connectivity index (χ1n) is 11.8. The maximum atomic E-state index is 5.57. The lowest BCUT2D eigenvalue weighted by molar-refractivity contribution is 0.0615. The van der Waals surface area contributed by atoms with Gasteiger partial charge in [-0.15, -0.1) is 0 Å². The Morgan fingerprint density at radius 1 is 1.12 bits per heavy atom. The van der Waals surface area contributed by atoms with Crippen molar-refractivity contribution in [3.8, 4) is 0 Å². The summed E-state index contributed by atoms with van der Waals surface area (Å²) in [5, 5.41) is 4.64. The summed E-state index contributed by atoms with van der Waals surface area (Å²) in [5.41, 5.74) is 9.37. The highest BCUT2D eigenvalue weighted by atomic mass is 16.5. The van der Waals surface area contributed by atoms with E-state index in [9.17, 15) is 0 Å². The van der Waals surface area contributed by atoms with Crippen LogP contribution >= 0.6 is 0 Å². The average Bonchev–Trinajstić information content (AvgIpc) is 3.25. The van der Waals surface area contributed by atoms with Gasteiger partial charge in [0.05, 0.1) is 30.9 Å². The lowest BCUT2D eigenvalue weighted by Gasteiger charge is -2.29. The Morgan fingerprint density at radius 2 is 1.91 bits per heavy atom. The predicted octanol–water partition coefficient (Wildman–Crippen LogP) is 3.84. The van der Waals surface area contributed by atoms with Gasteiger partial charge >= 0.3 is 0 Å². The summed E-state index contributed by atoms with van der Waals surface area (Å²) < 4.78 is 13.3. The van der Waals surface area contributed by atoms with Crippen LogP contribution in [0, 0.1) is 12.8 Å². The molecule has 1 N–H and O–H groups in total. The van der Waals surface area contributed by atoms with Gasteiger partial charge in [-0.25, -0.2) is 9.97 Å². The van der Waals surface area contributed by atoms with Crippen LogP contribution in [0.15, 0.2) is 41.8 Å². The molecule has 8 nitrogen and oxygen atoms in total. The van der Waals surface area contributed by atoms with Crippen molar-refractivity contribution in [3.63, 3.8) is 0 Å². The van der Waals surface area contributed by atoms with Gasteiger partial charge in [0.15, 0.2) is 11.5 Å². The molecular formula is C25H32N6O2. The number of anilines is 2. The molecule has 0 bridgehead atoms. The SMILES string of the molecule is C/C(=N\Nc1cc(N2CCOCC2)c2ncn(CC3CCOCC3)c2n1)c1cccc(C)c1. The zero-order valence-electron chi connectivity index (χ0n) is 19.5. The van der Waals surface area contributed by atoms with Gasteiger partial charge in [0.1, 0.15) is 5.52 Å². The molecule has 0 saturated carbocycles. The Kier molecular flexibility index (Phi) is 6.55. The molecule has 0 amide bonds. The summed E-state index contributed by atoms with van der Waals surface area (Å²) in [4.78, 5) is 12.0. The number of hydrogen-bond donors (Lipinski definition) is 1. The Balaban J connectivity index is 1.47. The van der Waals surface area contributed by atoms with Crippen LogP contribution in [-0.4, -0.2) is 59.8 Å². The lowest BCUT2D eigenvalue weighted by atomic mass is 10.0. The van der Waals surface area contributed by atoms with Gasteiger partial charge in [0.25, 0.3) is 0 Å². The molecule has 3 aromatic rings. The number of hydrogen-bond acceptors (Lipinski definition) is 7. The number of ether oxygens (including phenoxy) is 2. The summed E-state index contributed by atoms with van der Waals surface area (Å²) in [6.45, 7) is 9.82. The number of aromatic nitrogens is 3. The topological polar surface area (TPSA) is 76.8 Å². The summed E-state index contributed by atoms with van der Waals surface area (Å²) in [6, 6.07) is 10.4. The molecule has 1 aromatic carbocycles. The molecule has 4 heterocycles. The van der Waals surface area contributed by atoms with Crippen molar-refractivity contribution in [3.05, 3.63) is 47.8 Å². The molecule has 2 fully saturated rings. The molecule has 2 aliphatic heterocycles. The number of pyridine rings is 1. The van der Waals surface area contributed by atoms with E-state index >= 15 is 0 Å². The number of imidazole rings is 1. The van der Waals surface area contributed by atoms with Crippen LogP contribution in [0.2, 0.25) is 0 Å². The number of rotatable bonds is 6. The summed E-state index contributed by atoms with van der Waals surface area (Å²) in [6.07, 6.45) is 4.09. The van der Waals surface area contributed by atoms with Crippen LogP contribution in [0.5, 0.6) is 0 Å². The quantitative estimate of drug-likeness (QED) is 0.456. The van der Waals surface area contributed by atoms with E-state index in [0.717, 1.165) is 92.8 Å². The summed E-state index contributed by atoms with van der Waals surface area (Å²) in [7, 11) is 0. The second kappa shape index (κ2) is 9.89. The van der Waals surface area contributed by atoms with E-state index in [1.807, 2.05) is 13.3 Å². The second-order valence-corrected chi connectivity index (χ2v) is 8.93. The maximum Gasteiger partial charge on any atom is 0.164 e. The van der Waals surface area contributed by atoms with Crippen molar-refractivity contribution in [1.29, 1.82) is 0 Å². The molecule has 0 atom stereocenters. The molecule has 0 unspecified atom stereocenters. The fourth-order valence-electron chi connectivity index (χ4n) is 4.54. The van der Waals surface area contributed by atoms with Crippen LogP contribution in [0.3, 0.4) is 0 Å². The van der Waals surface area contributed by atoms with Gasteiger partial charge in [0.2, 0.25) is 0 Å². The van der Waals surface area contributed by atoms with Gasteiger partial charge in [-0.2, -0.15) is 5.10 Å². The first kappa shape index (κ1) is 21.9. The highest BCUT2D eigenvalue weighted by Gasteiger charge is 2.21. The van der Waals surface area contributed by atoms with Crippen molar-refractivity contribution < 1.29 is 9.47 Å². The van der Waals surface area contributed by atoms with Gasteiger partial charge in [-0.3, -0.25) is 5.43 Å². The van der Waals surface area contributed by atoms with E-state index in [4.69, 9.17) is 19.4 Å². The molecule has 2 aliphatic rings. The van der Waals surface area contributed by atoms with Crippen molar-refractivity contribution in [2.45, 2.75) is 33.2 Å². The molecule has 2 aromatic heterocycles. The number of nitrogens with one attached hydrogen (secondary N) is 1. The van der Waals surface area contributed by atoms with E-state index in [0.29, 0.717) is 5.92 Å². The van der Waals surface area contributed by atoms with E-state index in [1.54, 1.807) is 0 Å². The monoisotopic (exact) mass is 448 g/mol. The van der Waals surface area contributed by atoms with Crippen molar-refractivity contribution in [1.82, 2.24) is 14.5 Å². The number of nitrogens with zero attached hydrogens (tertiary/aromatic N) is 5. The Bertz CT molecular complexity index is 1130. The first-order valence-corrected chi connectivity index (χ1v) is 11.8. The van der Waals surface area contributed by atoms with E-state index < -0.39 is 0 Å². The minimum absolute atomic E-state index is 0.586. The fraction of sp³-hybridized carbons (Fsp3) is 0.480. The fourth-order valence-corrected chi connectivity index (χ4v) is 4.54. The number of benzene rings is 1. The number of morpholine rings is 1. The third kappa shape index (κ3) is 5.02. The van der Waals surface area contributed by atoms with Gasteiger partial charge < -0.3 is 18.9 Å². The molecule has 5 rings (SSSR count). The lowest BCUT2D eigenvalue weighted by Crippen LogP contribution is -2.36. The third-order valence-corrected chi connectivity index (χ3v) is 6.47. The maximum absolute atomic E-state index is 5.57. The Hall–Kier alpha value is -2.97. The van der Waals surface area contributed by atoms with Crippen LogP contribution < -0.4 is 10.3 Å². The number of fused-ring (bicyclic) bond motifs is 1. The van der Waals surface area contributed by atoms with Gasteiger partial charge in [0, 0.05) is 38.9 Å². The molecule has 33 heavy (non-hydrogen) atoms. The number of aryl methyl sites for hydroxylation is 1. The molecule has 0 spiro atoms. The Labute approximate surface area is 194 Å². The van der Waals surface area contributed by atoms with Crippen LogP contribution in [0.4, 0.5) is 11.5 Å².